The monoisotopic (exact) mass is 285 g/mol. The molecule has 1 aromatic heterocycles. The van der Waals surface area contributed by atoms with E-state index >= 15 is 0 Å². The Kier molecular flexibility index (Phi) is 3.50. The van der Waals surface area contributed by atoms with Gasteiger partial charge >= 0.3 is 0 Å². The van der Waals surface area contributed by atoms with Gasteiger partial charge < -0.3 is 19.0 Å². The Balaban J connectivity index is 2.11. The van der Waals surface area contributed by atoms with Crippen LogP contribution >= 0.6 is 0 Å². The summed E-state index contributed by atoms with van der Waals surface area (Å²) in [4.78, 5) is 4.46. The minimum absolute atomic E-state index is 0.134. The van der Waals surface area contributed by atoms with Crippen LogP contribution in [0.3, 0.4) is 0 Å². The number of fused-ring (bicyclic) bond motifs is 1. The average Bonchev–Trinajstić information content (AvgIpc) is 2.97. The van der Waals surface area contributed by atoms with Crippen molar-refractivity contribution in [1.82, 2.24) is 4.98 Å². The Labute approximate surface area is 121 Å². The summed E-state index contributed by atoms with van der Waals surface area (Å²) in [5, 5.41) is 9.44. The number of hydrogen-bond acceptors (Lipinski definition) is 5. The van der Waals surface area contributed by atoms with Gasteiger partial charge in [-0.05, 0) is 30.3 Å². The molecule has 2 aromatic carbocycles. The number of oxazole rings is 1. The highest BCUT2D eigenvalue weighted by atomic mass is 16.5. The zero-order valence-electron chi connectivity index (χ0n) is 11.8. The average molecular weight is 285 g/mol. The SMILES string of the molecule is COc1ccc(-c2nc3cc(OC)cc(CO)c3o2)cc1. The largest absolute Gasteiger partial charge is 0.497 e. The van der Waals surface area contributed by atoms with Crippen molar-refractivity contribution in [1.29, 1.82) is 0 Å². The maximum Gasteiger partial charge on any atom is 0.227 e. The first-order chi connectivity index (χ1) is 10.2. The molecule has 0 aliphatic rings. The van der Waals surface area contributed by atoms with Gasteiger partial charge in [0.05, 0.1) is 20.8 Å². The van der Waals surface area contributed by atoms with E-state index in [1.807, 2.05) is 24.3 Å². The highest BCUT2D eigenvalue weighted by Gasteiger charge is 2.13. The third kappa shape index (κ3) is 2.43. The number of benzene rings is 2. The van der Waals surface area contributed by atoms with E-state index in [1.165, 1.54) is 0 Å². The van der Waals surface area contributed by atoms with E-state index in [0.717, 1.165) is 11.3 Å². The summed E-state index contributed by atoms with van der Waals surface area (Å²) in [5.41, 5.74) is 2.72. The lowest BCUT2D eigenvalue weighted by Gasteiger charge is -2.02. The van der Waals surface area contributed by atoms with Gasteiger partial charge in [0, 0.05) is 17.2 Å². The van der Waals surface area contributed by atoms with Crippen LogP contribution in [-0.4, -0.2) is 24.3 Å². The van der Waals surface area contributed by atoms with Gasteiger partial charge in [-0.3, -0.25) is 0 Å². The standard InChI is InChI=1S/C16H15NO4/c1-19-12-5-3-10(4-6-12)16-17-14-8-13(20-2)7-11(9-18)15(14)21-16/h3-8,18H,9H2,1-2H3. The van der Waals surface area contributed by atoms with Gasteiger partial charge in [-0.15, -0.1) is 0 Å². The molecule has 21 heavy (non-hydrogen) atoms. The third-order valence-electron chi connectivity index (χ3n) is 3.28. The smallest absolute Gasteiger partial charge is 0.227 e. The summed E-state index contributed by atoms with van der Waals surface area (Å²) in [6.45, 7) is -0.134. The lowest BCUT2D eigenvalue weighted by molar-refractivity contribution is 0.281. The zero-order valence-corrected chi connectivity index (χ0v) is 11.8. The fraction of sp³-hybridized carbons (Fsp3) is 0.188. The van der Waals surface area contributed by atoms with Crippen LogP contribution in [0.5, 0.6) is 11.5 Å². The molecular weight excluding hydrogens is 270 g/mol. The minimum Gasteiger partial charge on any atom is -0.497 e. The highest BCUT2D eigenvalue weighted by molar-refractivity contribution is 5.81. The third-order valence-corrected chi connectivity index (χ3v) is 3.28. The zero-order chi connectivity index (χ0) is 14.8. The van der Waals surface area contributed by atoms with E-state index < -0.39 is 0 Å². The molecule has 0 aliphatic heterocycles. The number of hydrogen-bond donors (Lipinski definition) is 1. The molecule has 0 unspecified atom stereocenters. The Morgan fingerprint density at radius 3 is 2.38 bits per heavy atom. The van der Waals surface area contributed by atoms with Gasteiger partial charge in [0.25, 0.3) is 0 Å². The van der Waals surface area contributed by atoms with Gasteiger partial charge in [-0.2, -0.15) is 0 Å². The first-order valence-corrected chi connectivity index (χ1v) is 6.48. The topological polar surface area (TPSA) is 64.7 Å². The molecule has 1 heterocycles. The van der Waals surface area contributed by atoms with E-state index in [1.54, 1.807) is 26.4 Å². The molecule has 3 aromatic rings. The van der Waals surface area contributed by atoms with Crippen LogP contribution in [0.25, 0.3) is 22.6 Å². The molecule has 0 radical (unpaired) electrons. The van der Waals surface area contributed by atoms with Crippen LogP contribution in [0.4, 0.5) is 0 Å². The van der Waals surface area contributed by atoms with Crippen molar-refractivity contribution in [3.05, 3.63) is 42.0 Å². The summed E-state index contributed by atoms with van der Waals surface area (Å²) in [7, 11) is 3.20. The Morgan fingerprint density at radius 2 is 1.76 bits per heavy atom. The normalized spacial score (nSPS) is 10.8. The fourth-order valence-electron chi connectivity index (χ4n) is 2.17. The molecule has 1 N–H and O–H groups in total. The summed E-state index contributed by atoms with van der Waals surface area (Å²) in [5.74, 6) is 1.91. The quantitative estimate of drug-likeness (QED) is 0.798. The van der Waals surface area contributed by atoms with Crippen molar-refractivity contribution in [2.24, 2.45) is 0 Å². The number of rotatable bonds is 4. The predicted molar refractivity (Wildman–Crippen MR) is 78.5 cm³/mol. The molecule has 0 amide bonds. The minimum atomic E-state index is -0.134. The molecule has 3 rings (SSSR count). The molecule has 0 aliphatic carbocycles. The molecule has 0 fully saturated rings. The second-order valence-electron chi connectivity index (χ2n) is 4.54. The van der Waals surface area contributed by atoms with Crippen molar-refractivity contribution in [3.63, 3.8) is 0 Å². The first-order valence-electron chi connectivity index (χ1n) is 6.48. The number of nitrogens with zero attached hydrogens (tertiary/aromatic N) is 1. The van der Waals surface area contributed by atoms with E-state index in [9.17, 15) is 5.11 Å². The summed E-state index contributed by atoms with van der Waals surface area (Å²) < 4.78 is 16.1. The predicted octanol–water partition coefficient (Wildman–Crippen LogP) is 3.00. The van der Waals surface area contributed by atoms with Crippen LogP contribution in [0.2, 0.25) is 0 Å². The summed E-state index contributed by atoms with van der Waals surface area (Å²) in [6, 6.07) is 11.0. The molecule has 0 atom stereocenters. The van der Waals surface area contributed by atoms with Gasteiger partial charge in [-0.1, -0.05) is 0 Å². The van der Waals surface area contributed by atoms with E-state index in [0.29, 0.717) is 28.3 Å². The molecule has 5 heteroatoms. The van der Waals surface area contributed by atoms with Crippen LogP contribution in [0.1, 0.15) is 5.56 Å². The van der Waals surface area contributed by atoms with Crippen molar-refractivity contribution in [2.45, 2.75) is 6.61 Å². The molecule has 0 bridgehead atoms. The molecule has 0 saturated carbocycles. The van der Waals surface area contributed by atoms with Crippen LogP contribution in [0, 0.1) is 0 Å². The van der Waals surface area contributed by atoms with Gasteiger partial charge in [0.2, 0.25) is 5.89 Å². The van der Waals surface area contributed by atoms with Crippen molar-refractivity contribution in [2.75, 3.05) is 14.2 Å². The number of methoxy groups -OCH3 is 2. The Hall–Kier alpha value is -2.53. The molecule has 0 saturated heterocycles. The van der Waals surface area contributed by atoms with E-state index in [-0.39, 0.29) is 6.61 Å². The molecule has 5 nitrogen and oxygen atoms in total. The maximum absolute atomic E-state index is 9.44. The summed E-state index contributed by atoms with van der Waals surface area (Å²) >= 11 is 0. The first kappa shape index (κ1) is 13.5. The van der Waals surface area contributed by atoms with Crippen molar-refractivity contribution >= 4 is 11.1 Å². The molecule has 0 spiro atoms. The van der Waals surface area contributed by atoms with Gasteiger partial charge in [-0.25, -0.2) is 4.98 Å². The van der Waals surface area contributed by atoms with Crippen LogP contribution in [-0.2, 0) is 6.61 Å². The summed E-state index contributed by atoms with van der Waals surface area (Å²) in [6.07, 6.45) is 0. The lowest BCUT2D eigenvalue weighted by atomic mass is 10.2. The van der Waals surface area contributed by atoms with Crippen molar-refractivity contribution in [3.8, 4) is 23.0 Å². The lowest BCUT2D eigenvalue weighted by Crippen LogP contribution is -1.88. The fourth-order valence-corrected chi connectivity index (χ4v) is 2.17. The number of aliphatic hydroxyl groups is 1. The molecule has 108 valence electrons. The maximum atomic E-state index is 9.44. The Bertz CT molecular complexity index is 762. The van der Waals surface area contributed by atoms with Gasteiger partial charge in [0.15, 0.2) is 5.58 Å². The van der Waals surface area contributed by atoms with E-state index in [2.05, 4.69) is 4.98 Å². The second kappa shape index (κ2) is 5.46. The Morgan fingerprint density at radius 1 is 1.05 bits per heavy atom. The van der Waals surface area contributed by atoms with E-state index in [4.69, 9.17) is 13.9 Å². The number of aromatic nitrogens is 1. The second-order valence-corrected chi connectivity index (χ2v) is 4.54. The number of aliphatic hydroxyl groups excluding tert-OH is 1. The molecular formula is C16H15NO4. The van der Waals surface area contributed by atoms with Crippen LogP contribution in [0.15, 0.2) is 40.8 Å². The number of ether oxygens (including phenoxy) is 2. The van der Waals surface area contributed by atoms with Crippen molar-refractivity contribution < 1.29 is 19.0 Å². The van der Waals surface area contributed by atoms with Gasteiger partial charge in [0.1, 0.15) is 17.0 Å². The van der Waals surface area contributed by atoms with Crippen LogP contribution < -0.4 is 9.47 Å². The highest BCUT2D eigenvalue weighted by Crippen LogP contribution is 2.30.